The van der Waals surface area contributed by atoms with Gasteiger partial charge in [-0.2, -0.15) is 0 Å². The first-order valence-corrected chi connectivity index (χ1v) is 5.79. The molecule has 0 aliphatic rings. The lowest BCUT2D eigenvalue weighted by Gasteiger charge is -2.13. The summed E-state index contributed by atoms with van der Waals surface area (Å²) >= 11 is 0. The Bertz CT molecular complexity index is 311. The summed E-state index contributed by atoms with van der Waals surface area (Å²) in [5, 5.41) is 6.11. The average Bonchev–Trinajstić information content (AvgIpc) is 2.30. The van der Waals surface area contributed by atoms with Gasteiger partial charge in [-0.05, 0) is 19.4 Å². The van der Waals surface area contributed by atoms with Gasteiger partial charge in [0.05, 0.1) is 0 Å². The van der Waals surface area contributed by atoms with Crippen molar-refractivity contribution in [2.24, 2.45) is 0 Å². The summed E-state index contributed by atoms with van der Waals surface area (Å²) in [6.45, 7) is 5.44. The molecule has 0 aliphatic carbocycles. The number of nitrogens with one attached hydrogen (secondary N) is 2. The van der Waals surface area contributed by atoms with Crippen LogP contribution >= 0.6 is 0 Å². The Morgan fingerprint density at radius 2 is 2.00 bits per heavy atom. The molecule has 3 heteroatoms. The van der Waals surface area contributed by atoms with Crippen molar-refractivity contribution in [3.05, 3.63) is 35.9 Å². The first kappa shape index (κ1) is 12.7. The van der Waals surface area contributed by atoms with Crippen LogP contribution in [0.15, 0.2) is 30.3 Å². The highest BCUT2D eigenvalue weighted by atomic mass is 16.1. The van der Waals surface area contributed by atoms with Gasteiger partial charge in [0.15, 0.2) is 0 Å². The first-order valence-electron chi connectivity index (χ1n) is 5.79. The lowest BCUT2D eigenvalue weighted by atomic mass is 10.1. The maximum Gasteiger partial charge on any atom is 0.221 e. The molecule has 0 aliphatic heterocycles. The fourth-order valence-corrected chi connectivity index (χ4v) is 1.55. The van der Waals surface area contributed by atoms with Crippen LogP contribution < -0.4 is 10.6 Å². The Kier molecular flexibility index (Phi) is 5.57. The van der Waals surface area contributed by atoms with Gasteiger partial charge in [-0.1, -0.05) is 30.3 Å². The van der Waals surface area contributed by atoms with Crippen LogP contribution in [-0.4, -0.2) is 19.0 Å². The molecule has 0 saturated carbocycles. The molecule has 1 aromatic carbocycles. The van der Waals surface area contributed by atoms with Gasteiger partial charge in [0, 0.05) is 25.6 Å². The maximum atomic E-state index is 11.2. The second-order valence-corrected chi connectivity index (χ2v) is 3.79. The molecule has 1 unspecified atom stereocenters. The molecule has 0 saturated heterocycles. The van der Waals surface area contributed by atoms with Gasteiger partial charge >= 0.3 is 0 Å². The van der Waals surface area contributed by atoms with Gasteiger partial charge < -0.3 is 10.6 Å². The molecule has 0 aromatic heterocycles. The number of amides is 1. The second-order valence-electron chi connectivity index (χ2n) is 3.79. The normalized spacial score (nSPS) is 12.1. The summed E-state index contributed by atoms with van der Waals surface area (Å²) in [4.78, 5) is 11.2. The Morgan fingerprint density at radius 3 is 2.62 bits per heavy atom. The highest BCUT2D eigenvalue weighted by Crippen LogP contribution is 2.10. The molecule has 0 fully saturated rings. The molecule has 1 amide bonds. The molecular weight excluding hydrogens is 200 g/mol. The number of hydrogen-bond acceptors (Lipinski definition) is 2. The zero-order chi connectivity index (χ0) is 11.8. The standard InChI is InChI=1S/C13H20N2O/c1-3-14-13(16)9-10-15-11(2)12-7-5-4-6-8-12/h4-8,11,15H,3,9-10H2,1-2H3,(H,14,16). The molecular formula is C13H20N2O. The Labute approximate surface area is 97.2 Å². The highest BCUT2D eigenvalue weighted by Gasteiger charge is 2.04. The average molecular weight is 220 g/mol. The largest absolute Gasteiger partial charge is 0.356 e. The molecule has 0 heterocycles. The minimum Gasteiger partial charge on any atom is -0.356 e. The predicted molar refractivity (Wildman–Crippen MR) is 66.2 cm³/mol. The quantitative estimate of drug-likeness (QED) is 0.768. The molecule has 1 rings (SSSR count). The van der Waals surface area contributed by atoms with Crippen molar-refractivity contribution >= 4 is 5.91 Å². The molecule has 0 spiro atoms. The van der Waals surface area contributed by atoms with Gasteiger partial charge in [0.25, 0.3) is 0 Å². The Morgan fingerprint density at radius 1 is 1.31 bits per heavy atom. The van der Waals surface area contributed by atoms with Crippen molar-refractivity contribution in [1.29, 1.82) is 0 Å². The molecule has 0 radical (unpaired) electrons. The SMILES string of the molecule is CCNC(=O)CCNC(C)c1ccccc1. The van der Waals surface area contributed by atoms with Gasteiger partial charge in [-0.15, -0.1) is 0 Å². The lowest BCUT2D eigenvalue weighted by Crippen LogP contribution is -2.28. The Balaban J connectivity index is 2.26. The molecule has 1 atom stereocenters. The van der Waals surface area contributed by atoms with E-state index in [1.807, 2.05) is 25.1 Å². The van der Waals surface area contributed by atoms with Crippen LogP contribution in [0.2, 0.25) is 0 Å². The van der Waals surface area contributed by atoms with Crippen LogP contribution in [0, 0.1) is 0 Å². The zero-order valence-corrected chi connectivity index (χ0v) is 9.99. The van der Waals surface area contributed by atoms with Crippen molar-refractivity contribution in [3.63, 3.8) is 0 Å². The summed E-state index contributed by atoms with van der Waals surface area (Å²) in [7, 11) is 0. The van der Waals surface area contributed by atoms with Crippen molar-refractivity contribution < 1.29 is 4.79 Å². The molecule has 0 bridgehead atoms. The molecule has 16 heavy (non-hydrogen) atoms. The van der Waals surface area contributed by atoms with E-state index < -0.39 is 0 Å². The summed E-state index contributed by atoms with van der Waals surface area (Å²) in [6.07, 6.45) is 0.533. The summed E-state index contributed by atoms with van der Waals surface area (Å²) in [5.74, 6) is 0.107. The smallest absolute Gasteiger partial charge is 0.221 e. The highest BCUT2D eigenvalue weighted by molar-refractivity contribution is 5.75. The van der Waals surface area contributed by atoms with E-state index in [-0.39, 0.29) is 11.9 Å². The third-order valence-electron chi connectivity index (χ3n) is 2.48. The van der Waals surface area contributed by atoms with Crippen molar-refractivity contribution in [2.45, 2.75) is 26.3 Å². The van der Waals surface area contributed by atoms with Crippen LogP contribution in [-0.2, 0) is 4.79 Å². The minimum atomic E-state index is 0.107. The van der Waals surface area contributed by atoms with Crippen LogP contribution in [0.4, 0.5) is 0 Å². The van der Waals surface area contributed by atoms with E-state index in [4.69, 9.17) is 0 Å². The van der Waals surface area contributed by atoms with E-state index in [2.05, 4.69) is 29.7 Å². The third kappa shape index (κ3) is 4.45. The predicted octanol–water partition coefficient (Wildman–Crippen LogP) is 1.86. The monoisotopic (exact) mass is 220 g/mol. The van der Waals surface area contributed by atoms with Gasteiger partial charge in [-0.25, -0.2) is 0 Å². The van der Waals surface area contributed by atoms with E-state index in [9.17, 15) is 4.79 Å². The van der Waals surface area contributed by atoms with Gasteiger partial charge in [0.2, 0.25) is 5.91 Å². The van der Waals surface area contributed by atoms with E-state index in [0.29, 0.717) is 19.5 Å². The number of rotatable bonds is 6. The Hall–Kier alpha value is -1.35. The maximum absolute atomic E-state index is 11.2. The van der Waals surface area contributed by atoms with E-state index in [1.165, 1.54) is 5.56 Å². The summed E-state index contributed by atoms with van der Waals surface area (Å²) in [5.41, 5.74) is 1.25. The second kappa shape index (κ2) is 7.01. The minimum absolute atomic E-state index is 0.107. The molecule has 88 valence electrons. The molecule has 2 N–H and O–H groups in total. The van der Waals surface area contributed by atoms with E-state index in [1.54, 1.807) is 0 Å². The van der Waals surface area contributed by atoms with Crippen molar-refractivity contribution in [1.82, 2.24) is 10.6 Å². The first-order chi connectivity index (χ1) is 7.74. The number of benzene rings is 1. The van der Waals surface area contributed by atoms with Crippen LogP contribution in [0.3, 0.4) is 0 Å². The summed E-state index contributed by atoms with van der Waals surface area (Å²) < 4.78 is 0. The van der Waals surface area contributed by atoms with Crippen LogP contribution in [0.25, 0.3) is 0 Å². The van der Waals surface area contributed by atoms with E-state index in [0.717, 1.165) is 0 Å². The van der Waals surface area contributed by atoms with Crippen LogP contribution in [0.1, 0.15) is 31.9 Å². The number of carbonyl (C=O) groups is 1. The molecule has 1 aromatic rings. The third-order valence-corrected chi connectivity index (χ3v) is 2.48. The van der Waals surface area contributed by atoms with Gasteiger partial charge in [0.1, 0.15) is 0 Å². The van der Waals surface area contributed by atoms with Gasteiger partial charge in [-0.3, -0.25) is 4.79 Å². The van der Waals surface area contributed by atoms with Crippen molar-refractivity contribution in [2.75, 3.05) is 13.1 Å². The zero-order valence-electron chi connectivity index (χ0n) is 9.99. The van der Waals surface area contributed by atoms with Crippen LogP contribution in [0.5, 0.6) is 0 Å². The summed E-state index contributed by atoms with van der Waals surface area (Å²) in [6, 6.07) is 10.5. The fourth-order valence-electron chi connectivity index (χ4n) is 1.55. The van der Waals surface area contributed by atoms with Crippen molar-refractivity contribution in [3.8, 4) is 0 Å². The lowest BCUT2D eigenvalue weighted by molar-refractivity contribution is -0.120. The fraction of sp³-hybridized carbons (Fsp3) is 0.462. The number of carbonyl (C=O) groups excluding carboxylic acids is 1. The topological polar surface area (TPSA) is 41.1 Å². The van der Waals surface area contributed by atoms with E-state index >= 15 is 0 Å². The molecule has 3 nitrogen and oxygen atoms in total. The number of hydrogen-bond donors (Lipinski definition) is 2.